The molecule has 0 aliphatic heterocycles. The molecule has 0 spiro atoms. The molecule has 0 saturated carbocycles. The lowest BCUT2D eigenvalue weighted by atomic mass is 9.98. The van der Waals surface area contributed by atoms with E-state index in [1.165, 1.54) is 0 Å². The van der Waals surface area contributed by atoms with Gasteiger partial charge in [0.25, 0.3) is 0 Å². The highest BCUT2D eigenvalue weighted by molar-refractivity contribution is 9.10. The van der Waals surface area contributed by atoms with E-state index in [2.05, 4.69) is 20.9 Å². The number of halogens is 1. The van der Waals surface area contributed by atoms with Crippen molar-refractivity contribution in [3.63, 3.8) is 0 Å². The average molecular weight is 327 g/mol. The number of hydrogen-bond acceptors (Lipinski definition) is 3. The third kappa shape index (κ3) is 2.18. The molecule has 4 heteroatoms. The molecule has 1 heterocycles. The van der Waals surface area contributed by atoms with Crippen LogP contribution in [0.15, 0.2) is 59.3 Å². The summed E-state index contributed by atoms with van der Waals surface area (Å²) in [5, 5.41) is 1.83. The Hall–Kier alpha value is -2.20. The molecule has 0 aliphatic carbocycles. The number of anilines is 1. The molecule has 0 radical (unpaired) electrons. The number of rotatable bonds is 2. The smallest absolute Gasteiger partial charge is 0.194 e. The zero-order valence-corrected chi connectivity index (χ0v) is 12.1. The van der Waals surface area contributed by atoms with Gasteiger partial charge in [-0.25, -0.2) is 0 Å². The molecule has 2 N–H and O–H groups in total. The summed E-state index contributed by atoms with van der Waals surface area (Å²) in [5.74, 6) is -0.0547. The summed E-state index contributed by atoms with van der Waals surface area (Å²) in [4.78, 5) is 16.8. The molecule has 0 atom stereocenters. The van der Waals surface area contributed by atoms with Crippen molar-refractivity contribution < 1.29 is 4.79 Å². The topological polar surface area (TPSA) is 56.0 Å². The molecule has 0 unspecified atom stereocenters. The van der Waals surface area contributed by atoms with Crippen LogP contribution in [-0.2, 0) is 0 Å². The Morgan fingerprint density at radius 1 is 1.10 bits per heavy atom. The first-order chi connectivity index (χ1) is 9.66. The predicted octanol–water partition coefficient (Wildman–Crippen LogP) is 3.81. The van der Waals surface area contributed by atoms with Gasteiger partial charge in [-0.05, 0) is 29.7 Å². The van der Waals surface area contributed by atoms with Crippen LogP contribution in [0.3, 0.4) is 0 Å². The lowest BCUT2D eigenvalue weighted by molar-refractivity contribution is 0.103. The summed E-state index contributed by atoms with van der Waals surface area (Å²) >= 11 is 3.40. The number of carbonyl (C=O) groups excluding carboxylic acids is 1. The number of aromatic nitrogens is 1. The number of ketones is 1. The van der Waals surface area contributed by atoms with Crippen LogP contribution >= 0.6 is 15.9 Å². The quantitative estimate of drug-likeness (QED) is 0.575. The van der Waals surface area contributed by atoms with Crippen molar-refractivity contribution >= 4 is 38.2 Å². The monoisotopic (exact) mass is 326 g/mol. The van der Waals surface area contributed by atoms with E-state index in [0.717, 1.165) is 15.2 Å². The van der Waals surface area contributed by atoms with E-state index in [0.29, 0.717) is 16.8 Å². The highest BCUT2D eigenvalue weighted by Crippen LogP contribution is 2.26. The highest BCUT2D eigenvalue weighted by atomic mass is 79.9. The zero-order valence-electron chi connectivity index (χ0n) is 10.5. The Balaban J connectivity index is 2.20. The van der Waals surface area contributed by atoms with Gasteiger partial charge in [-0.2, -0.15) is 0 Å². The fourth-order valence-corrected chi connectivity index (χ4v) is 2.61. The van der Waals surface area contributed by atoms with Gasteiger partial charge in [0, 0.05) is 39.1 Å². The number of nitrogens with zero attached hydrogens (tertiary/aromatic N) is 1. The van der Waals surface area contributed by atoms with E-state index in [-0.39, 0.29) is 5.78 Å². The minimum absolute atomic E-state index is 0.0547. The number of nitrogen functional groups attached to an aromatic ring is 1. The van der Waals surface area contributed by atoms with Crippen molar-refractivity contribution in [3.05, 3.63) is 70.5 Å². The van der Waals surface area contributed by atoms with Crippen LogP contribution in [0.4, 0.5) is 5.69 Å². The van der Waals surface area contributed by atoms with Crippen LogP contribution in [0.1, 0.15) is 15.9 Å². The van der Waals surface area contributed by atoms with Crippen LogP contribution in [0.25, 0.3) is 10.8 Å². The van der Waals surface area contributed by atoms with Gasteiger partial charge in [0.2, 0.25) is 0 Å². The third-order valence-electron chi connectivity index (χ3n) is 3.16. The Kier molecular flexibility index (Phi) is 3.24. The minimum Gasteiger partial charge on any atom is -0.399 e. The first-order valence-electron chi connectivity index (χ1n) is 6.09. The van der Waals surface area contributed by atoms with Gasteiger partial charge in [0.05, 0.1) is 0 Å². The van der Waals surface area contributed by atoms with E-state index in [4.69, 9.17) is 5.73 Å². The van der Waals surface area contributed by atoms with Crippen molar-refractivity contribution in [1.82, 2.24) is 4.98 Å². The van der Waals surface area contributed by atoms with Gasteiger partial charge in [0.15, 0.2) is 5.78 Å². The van der Waals surface area contributed by atoms with Crippen molar-refractivity contribution in [2.24, 2.45) is 0 Å². The number of fused-ring (bicyclic) bond motifs is 1. The summed E-state index contributed by atoms with van der Waals surface area (Å²) in [6.45, 7) is 0. The molecule has 0 bridgehead atoms. The number of hydrogen-bond donors (Lipinski definition) is 1. The van der Waals surface area contributed by atoms with E-state index in [1.807, 2.05) is 24.3 Å². The molecule has 3 rings (SSSR count). The Morgan fingerprint density at radius 3 is 2.80 bits per heavy atom. The van der Waals surface area contributed by atoms with Gasteiger partial charge in [-0.15, -0.1) is 0 Å². The molecular weight excluding hydrogens is 316 g/mol. The molecule has 20 heavy (non-hydrogen) atoms. The maximum Gasteiger partial charge on any atom is 0.194 e. The van der Waals surface area contributed by atoms with Crippen molar-refractivity contribution in [3.8, 4) is 0 Å². The van der Waals surface area contributed by atoms with Gasteiger partial charge in [-0.1, -0.05) is 34.1 Å². The second-order valence-corrected chi connectivity index (χ2v) is 5.33. The average Bonchev–Trinajstić information content (AvgIpc) is 2.48. The van der Waals surface area contributed by atoms with E-state index < -0.39 is 0 Å². The second-order valence-electron chi connectivity index (χ2n) is 4.47. The molecular formula is C16H11BrN2O. The van der Waals surface area contributed by atoms with Gasteiger partial charge in [-0.3, -0.25) is 9.78 Å². The van der Waals surface area contributed by atoms with Gasteiger partial charge < -0.3 is 5.73 Å². The second kappa shape index (κ2) is 5.06. The standard InChI is InChI=1S/C16H11BrN2O/c17-15-5-4-11(18)8-14(15)16(20)13-3-1-2-10-9-19-7-6-12(10)13/h1-9H,18H2. The third-order valence-corrected chi connectivity index (χ3v) is 3.85. The van der Waals surface area contributed by atoms with E-state index in [1.54, 1.807) is 30.6 Å². The Labute approximate surface area is 124 Å². The summed E-state index contributed by atoms with van der Waals surface area (Å²) in [6.07, 6.45) is 3.44. The number of benzene rings is 2. The van der Waals surface area contributed by atoms with Gasteiger partial charge in [0.1, 0.15) is 0 Å². The Bertz CT molecular complexity index is 809. The fourth-order valence-electron chi connectivity index (χ4n) is 2.18. The summed E-state index contributed by atoms with van der Waals surface area (Å²) in [5.41, 5.74) is 7.55. The number of pyridine rings is 1. The maximum atomic E-state index is 12.7. The van der Waals surface area contributed by atoms with E-state index >= 15 is 0 Å². The summed E-state index contributed by atoms with van der Waals surface area (Å²) < 4.78 is 0.739. The van der Waals surface area contributed by atoms with Crippen molar-refractivity contribution in [2.75, 3.05) is 5.73 Å². The molecule has 0 aliphatic rings. The lowest BCUT2D eigenvalue weighted by Crippen LogP contribution is -2.04. The number of nitrogens with two attached hydrogens (primary N) is 1. The summed E-state index contributed by atoms with van der Waals surface area (Å²) in [7, 11) is 0. The maximum absolute atomic E-state index is 12.7. The first-order valence-corrected chi connectivity index (χ1v) is 6.88. The molecule has 1 aromatic heterocycles. The molecule has 3 nitrogen and oxygen atoms in total. The largest absolute Gasteiger partial charge is 0.399 e. The zero-order chi connectivity index (χ0) is 14.1. The molecule has 98 valence electrons. The highest BCUT2D eigenvalue weighted by Gasteiger charge is 2.15. The van der Waals surface area contributed by atoms with Crippen LogP contribution in [0, 0.1) is 0 Å². The normalized spacial score (nSPS) is 10.7. The van der Waals surface area contributed by atoms with Crippen LogP contribution < -0.4 is 5.73 Å². The van der Waals surface area contributed by atoms with Crippen LogP contribution in [0.5, 0.6) is 0 Å². The molecule has 3 aromatic rings. The summed E-state index contributed by atoms with van der Waals surface area (Å²) in [6, 6.07) is 12.7. The number of carbonyl (C=O) groups is 1. The Morgan fingerprint density at radius 2 is 1.95 bits per heavy atom. The predicted molar refractivity (Wildman–Crippen MR) is 83.7 cm³/mol. The first kappa shape index (κ1) is 12.8. The van der Waals surface area contributed by atoms with Crippen LogP contribution in [-0.4, -0.2) is 10.8 Å². The van der Waals surface area contributed by atoms with E-state index in [9.17, 15) is 4.79 Å². The molecule has 0 amide bonds. The fraction of sp³-hybridized carbons (Fsp3) is 0. The van der Waals surface area contributed by atoms with Gasteiger partial charge >= 0.3 is 0 Å². The molecule has 2 aromatic carbocycles. The minimum atomic E-state index is -0.0547. The van der Waals surface area contributed by atoms with Crippen molar-refractivity contribution in [2.45, 2.75) is 0 Å². The SMILES string of the molecule is Nc1ccc(Br)c(C(=O)c2cccc3cnccc23)c1. The van der Waals surface area contributed by atoms with Crippen LogP contribution in [0.2, 0.25) is 0 Å². The van der Waals surface area contributed by atoms with Crippen molar-refractivity contribution in [1.29, 1.82) is 0 Å². The molecule has 0 fully saturated rings. The molecule has 0 saturated heterocycles. The lowest BCUT2D eigenvalue weighted by Gasteiger charge is -2.08.